The molecule has 52 heavy (non-hydrogen) atoms. The molecular formula is C43H46N2O7. The van der Waals surface area contributed by atoms with E-state index in [0.29, 0.717) is 37.8 Å². The smallest absolute Gasteiger partial charge is 0.160 e. The summed E-state index contributed by atoms with van der Waals surface area (Å²) in [4.78, 5) is 3.30. The van der Waals surface area contributed by atoms with E-state index >= 15 is 0 Å². The first kappa shape index (κ1) is 33.2. The Hall–Kier alpha value is -4.70. The van der Waals surface area contributed by atoms with E-state index < -0.39 is 6.10 Å². The molecule has 0 bridgehead atoms. The Labute approximate surface area is 303 Å². The molecule has 9 heteroatoms. The number of ether oxygens (including phenoxy) is 4. The van der Waals surface area contributed by atoms with Crippen LogP contribution in [-0.2, 0) is 30.4 Å². The van der Waals surface area contributed by atoms with Gasteiger partial charge in [-0.15, -0.1) is 0 Å². The molecule has 4 aliphatic rings. The van der Waals surface area contributed by atoms with E-state index in [9.17, 15) is 15.3 Å². The number of benzene rings is 4. The van der Waals surface area contributed by atoms with Crippen LogP contribution in [0.1, 0.15) is 77.5 Å². The van der Waals surface area contributed by atoms with Gasteiger partial charge in [0.2, 0.25) is 0 Å². The fourth-order valence-electron chi connectivity index (χ4n) is 9.13. The van der Waals surface area contributed by atoms with Crippen molar-refractivity contribution in [2.45, 2.75) is 88.1 Å². The molecule has 4 aromatic carbocycles. The minimum atomic E-state index is -0.457. The zero-order chi connectivity index (χ0) is 35.3. The van der Waals surface area contributed by atoms with Gasteiger partial charge in [0.05, 0.1) is 20.4 Å². The second kappa shape index (κ2) is 13.7. The molecule has 4 unspecified atom stereocenters. The lowest BCUT2D eigenvalue weighted by molar-refractivity contribution is -0.0476. The van der Waals surface area contributed by atoms with Crippen molar-refractivity contribution in [1.82, 2.24) is 10.3 Å². The van der Waals surface area contributed by atoms with Gasteiger partial charge in [-0.05, 0) is 120 Å². The lowest BCUT2D eigenvalue weighted by Crippen LogP contribution is -2.39. The summed E-state index contributed by atoms with van der Waals surface area (Å²) < 4.78 is 26.1. The Bertz CT molecular complexity index is 2120. The number of hydrogen-bond donors (Lipinski definition) is 5. The maximum Gasteiger partial charge on any atom is 0.160 e. The molecule has 1 aromatic heterocycles. The zero-order valence-corrected chi connectivity index (χ0v) is 29.5. The fraction of sp³-hybridized carbons (Fsp3) is 0.395. The number of nitrogens with one attached hydrogen (secondary N) is 2. The van der Waals surface area contributed by atoms with Crippen LogP contribution in [0.3, 0.4) is 0 Å². The number of phenols is 2. The Morgan fingerprint density at radius 1 is 0.885 bits per heavy atom. The van der Waals surface area contributed by atoms with Crippen molar-refractivity contribution in [2.24, 2.45) is 0 Å². The van der Waals surface area contributed by atoms with Gasteiger partial charge in [0.15, 0.2) is 17.6 Å². The van der Waals surface area contributed by atoms with E-state index in [2.05, 4.69) is 34.6 Å². The van der Waals surface area contributed by atoms with Crippen molar-refractivity contribution in [3.05, 3.63) is 100 Å². The highest BCUT2D eigenvalue weighted by atomic mass is 16.6. The Morgan fingerprint density at radius 3 is 2.62 bits per heavy atom. The van der Waals surface area contributed by atoms with Crippen LogP contribution >= 0.6 is 0 Å². The number of aromatic amines is 1. The van der Waals surface area contributed by atoms with Crippen LogP contribution in [0.4, 0.5) is 0 Å². The Morgan fingerprint density at radius 2 is 1.77 bits per heavy atom. The van der Waals surface area contributed by atoms with Crippen LogP contribution in [0.15, 0.2) is 66.9 Å². The van der Waals surface area contributed by atoms with E-state index in [1.54, 1.807) is 19.2 Å². The van der Waals surface area contributed by atoms with E-state index in [-0.39, 0.29) is 36.2 Å². The Balaban J connectivity index is 1.17. The highest BCUT2D eigenvalue weighted by Crippen LogP contribution is 2.56. The second-order valence-electron chi connectivity index (χ2n) is 14.9. The van der Waals surface area contributed by atoms with Gasteiger partial charge >= 0.3 is 0 Å². The molecule has 9 nitrogen and oxygen atoms in total. The SMILES string of the molecule is COc1cc(C2Oc3c(c4c(c5c3CCC(CO)O5)-c3ccc(O)cc3C(Cc3ccc5[nH]ccc5c3)C4)CC2OCNC2CCCC2)ccc1O. The molecule has 0 saturated heterocycles. The number of aliphatic hydroxyl groups excluding tert-OH is 1. The van der Waals surface area contributed by atoms with Crippen molar-refractivity contribution in [3.8, 4) is 39.9 Å². The largest absolute Gasteiger partial charge is 0.508 e. The van der Waals surface area contributed by atoms with Gasteiger partial charge in [-0.3, -0.25) is 5.32 Å². The topological polar surface area (TPSA) is 125 Å². The monoisotopic (exact) mass is 702 g/mol. The van der Waals surface area contributed by atoms with Gasteiger partial charge in [-0.1, -0.05) is 31.0 Å². The van der Waals surface area contributed by atoms with Gasteiger partial charge < -0.3 is 39.3 Å². The van der Waals surface area contributed by atoms with Crippen molar-refractivity contribution < 1.29 is 34.3 Å². The molecule has 270 valence electrons. The third-order valence-electron chi connectivity index (χ3n) is 11.8. The number of phenolic OH excluding ortho intramolecular Hbond substituents is 2. The fourth-order valence-corrected chi connectivity index (χ4v) is 9.13. The summed E-state index contributed by atoms with van der Waals surface area (Å²) in [6, 6.07) is 20.2. The molecular weight excluding hydrogens is 656 g/mol. The van der Waals surface area contributed by atoms with Gasteiger partial charge in [-0.25, -0.2) is 0 Å². The average Bonchev–Trinajstić information content (AvgIpc) is 3.87. The third kappa shape index (κ3) is 5.94. The second-order valence-corrected chi connectivity index (χ2v) is 14.9. The molecule has 0 spiro atoms. The molecule has 0 radical (unpaired) electrons. The van der Waals surface area contributed by atoms with Crippen LogP contribution in [-0.4, -0.2) is 59.0 Å². The minimum absolute atomic E-state index is 0.0708. The highest BCUT2D eigenvalue weighted by Gasteiger charge is 2.42. The molecule has 3 heterocycles. The number of fused-ring (bicyclic) bond motifs is 9. The molecule has 1 fully saturated rings. The first-order chi connectivity index (χ1) is 25.5. The van der Waals surface area contributed by atoms with E-state index in [1.165, 1.54) is 29.4 Å². The maximum atomic E-state index is 10.8. The molecule has 2 aliphatic heterocycles. The molecule has 0 amide bonds. The van der Waals surface area contributed by atoms with E-state index in [1.807, 2.05) is 30.5 Å². The van der Waals surface area contributed by atoms with Gasteiger partial charge in [-0.2, -0.15) is 0 Å². The average molecular weight is 703 g/mol. The van der Waals surface area contributed by atoms with Crippen molar-refractivity contribution in [1.29, 1.82) is 0 Å². The standard InChI is InChI=1S/C43H46N2O7/c1-49-38-19-26(7-13-37(38)48)41-39(50-23-45-28-4-2-3-5-28)21-35-34-18-27(17-24-6-12-36-25(16-24)14-15-44-36)33-20-29(47)8-10-31(33)40(34)43-32(42(35)52-41)11-9-30(22-46)51-43/h6-8,10,12-16,19-20,27-28,30,39,41,44-48H,2-5,9,11,17-18,21-23H2,1H3. The molecule has 1 saturated carbocycles. The predicted molar refractivity (Wildman–Crippen MR) is 199 cm³/mol. The van der Waals surface area contributed by atoms with Crippen molar-refractivity contribution >= 4 is 10.9 Å². The predicted octanol–water partition coefficient (Wildman–Crippen LogP) is 7.37. The number of methoxy groups -OCH3 is 1. The lowest BCUT2D eigenvalue weighted by Gasteiger charge is -2.41. The van der Waals surface area contributed by atoms with E-state index in [4.69, 9.17) is 18.9 Å². The molecule has 5 aromatic rings. The van der Waals surface area contributed by atoms with Crippen LogP contribution in [0, 0.1) is 0 Å². The summed E-state index contributed by atoms with van der Waals surface area (Å²) >= 11 is 0. The van der Waals surface area contributed by atoms with Crippen molar-refractivity contribution in [3.63, 3.8) is 0 Å². The summed E-state index contributed by atoms with van der Waals surface area (Å²) in [5.74, 6) is 2.39. The van der Waals surface area contributed by atoms with Crippen LogP contribution in [0.25, 0.3) is 22.0 Å². The number of rotatable bonds is 9. The summed E-state index contributed by atoms with van der Waals surface area (Å²) in [5, 5.41) is 36.3. The number of aromatic hydroxyl groups is 2. The number of aliphatic hydroxyl groups is 1. The van der Waals surface area contributed by atoms with Gasteiger partial charge in [0, 0.05) is 40.9 Å². The highest BCUT2D eigenvalue weighted by molar-refractivity contribution is 5.85. The first-order valence-electron chi connectivity index (χ1n) is 18.7. The van der Waals surface area contributed by atoms with Crippen LogP contribution in [0.2, 0.25) is 0 Å². The van der Waals surface area contributed by atoms with E-state index in [0.717, 1.165) is 76.1 Å². The maximum absolute atomic E-state index is 10.8. The van der Waals surface area contributed by atoms with Crippen LogP contribution < -0.4 is 19.5 Å². The molecule has 2 aliphatic carbocycles. The van der Waals surface area contributed by atoms with Crippen LogP contribution in [0.5, 0.6) is 28.7 Å². The number of aromatic nitrogens is 1. The lowest BCUT2D eigenvalue weighted by atomic mass is 9.72. The normalized spacial score (nSPS) is 22.2. The molecule has 9 rings (SSSR count). The summed E-state index contributed by atoms with van der Waals surface area (Å²) in [5.41, 5.74) is 9.71. The number of hydrogen-bond acceptors (Lipinski definition) is 8. The van der Waals surface area contributed by atoms with Gasteiger partial charge in [0.1, 0.15) is 29.5 Å². The first-order valence-corrected chi connectivity index (χ1v) is 18.7. The van der Waals surface area contributed by atoms with Crippen molar-refractivity contribution in [2.75, 3.05) is 20.4 Å². The minimum Gasteiger partial charge on any atom is -0.508 e. The van der Waals surface area contributed by atoms with Gasteiger partial charge in [0.25, 0.3) is 0 Å². The zero-order valence-electron chi connectivity index (χ0n) is 29.5. The third-order valence-corrected chi connectivity index (χ3v) is 11.8. The summed E-state index contributed by atoms with van der Waals surface area (Å²) in [6.07, 6.45) is 9.20. The quantitative estimate of drug-likeness (QED) is 0.101. The molecule has 4 atom stereocenters. The molecule has 5 N–H and O–H groups in total. The Kier molecular flexibility index (Phi) is 8.73. The summed E-state index contributed by atoms with van der Waals surface area (Å²) in [7, 11) is 1.55. The number of H-pyrrole nitrogens is 1. The summed E-state index contributed by atoms with van der Waals surface area (Å²) in [6.45, 7) is 0.346.